The van der Waals surface area contributed by atoms with Crippen molar-refractivity contribution < 1.29 is 82.6 Å². The van der Waals surface area contributed by atoms with Gasteiger partial charge in [-0.2, -0.15) is 35.3 Å². The molecule has 1 atom stereocenters. The van der Waals surface area contributed by atoms with Gasteiger partial charge in [-0.25, -0.2) is 15.5 Å². The molecule has 0 bridgehead atoms. The van der Waals surface area contributed by atoms with Gasteiger partial charge in [-0.1, -0.05) is 36.1 Å². The summed E-state index contributed by atoms with van der Waals surface area (Å²) in [7, 11) is -13.0. The summed E-state index contributed by atoms with van der Waals surface area (Å²) in [5.74, 6) is -1.01. The molecule has 0 fully saturated rings. The number of rotatable bonds is 24. The fourth-order valence-corrected chi connectivity index (χ4v) is 12.2. The number of hydrogen-bond donors (Lipinski definition) is 7. The number of aliphatic hydroxyl groups excluding tert-OH is 1. The number of allylic oxidation sites excluding steroid dienone is 7. The lowest BCUT2D eigenvalue weighted by molar-refractivity contribution is -0.438. The molecule has 3 heterocycles. The van der Waals surface area contributed by atoms with Gasteiger partial charge in [-0.05, 0) is 136 Å². The lowest BCUT2D eigenvalue weighted by atomic mass is 9.81. The number of ether oxygens (including phenoxy) is 1. The van der Waals surface area contributed by atoms with E-state index in [1.165, 1.54) is 17.1 Å². The first-order chi connectivity index (χ1) is 34.9. The summed E-state index contributed by atoms with van der Waals surface area (Å²) in [6.07, 6.45) is 9.03. The van der Waals surface area contributed by atoms with Gasteiger partial charge in [0.2, 0.25) is 11.6 Å². The van der Waals surface area contributed by atoms with Gasteiger partial charge in [0, 0.05) is 63.9 Å². The predicted octanol–water partition coefficient (Wildman–Crippen LogP) is 8.91. The minimum Gasteiger partial charge on any atom is -0.493 e. The number of fused-ring (bicyclic) bond motifs is 2. The van der Waals surface area contributed by atoms with Crippen LogP contribution in [-0.4, -0.2) is 102 Å². The van der Waals surface area contributed by atoms with Crippen LogP contribution in [0, 0.1) is 0 Å². The third-order valence-corrected chi connectivity index (χ3v) is 16.9. The topological polar surface area (TPSA) is 291 Å². The molecule has 26 heteroatoms. The van der Waals surface area contributed by atoms with Crippen LogP contribution < -0.4 is 15.3 Å². The maximum absolute atomic E-state index is 12.4. The van der Waals surface area contributed by atoms with E-state index in [2.05, 4.69) is 24.4 Å². The molecule has 1 aliphatic carbocycles. The third-order valence-electron chi connectivity index (χ3n) is 13.3. The Bertz CT molecular complexity index is 3150. The summed E-state index contributed by atoms with van der Waals surface area (Å²) in [6, 6.07) is 16.8. The molecule has 0 saturated carbocycles. The van der Waals surface area contributed by atoms with Crippen LogP contribution in [-0.2, 0) is 64.7 Å². The highest BCUT2D eigenvalue weighted by Crippen LogP contribution is 2.50. The fourth-order valence-electron chi connectivity index (χ4n) is 9.84. The van der Waals surface area contributed by atoms with Gasteiger partial charge in [-0.3, -0.25) is 13.7 Å². The van der Waals surface area contributed by atoms with E-state index in [4.69, 9.17) is 19.6 Å². The van der Waals surface area contributed by atoms with Gasteiger partial charge >= 0.3 is 0 Å². The standard InChI is InChI=1S/C48H58N4O17S5/c1-6-65-45-44(46(53)52(49-45)33-15-17-34(18-16-33)70-68-66-54)43-31(13-23-41-47(2,3)37-29-35(71-69-67-55)19-21-39(37)50(41)25-7-9-27-72(56,57)58)11-12-32(43)14-24-42-48(4,5)38-30-36(74(62,63)64)20-22-40(38)51(42)26-8-10-28-73(59,60)61/h13-24,29-30,45,49H,6-12,25-28H2,1-5H3,(H5,54,55,56,57,58,59,60,61,62,63,64)/p+1/b32-14?,42-24+. The van der Waals surface area contributed by atoms with Crippen molar-refractivity contribution in [3.05, 3.63) is 130 Å². The van der Waals surface area contributed by atoms with Crippen molar-refractivity contribution in [2.24, 2.45) is 0 Å². The molecule has 21 nitrogen and oxygen atoms in total. The Morgan fingerprint density at radius 2 is 1.42 bits per heavy atom. The maximum Gasteiger partial charge on any atom is 0.294 e. The van der Waals surface area contributed by atoms with E-state index < -0.39 is 58.9 Å². The molecule has 1 unspecified atom stereocenters. The van der Waals surface area contributed by atoms with Crippen molar-refractivity contribution in [2.45, 2.75) is 105 Å². The van der Waals surface area contributed by atoms with E-state index in [1.807, 2.05) is 76.0 Å². The number of unbranched alkanes of at least 4 members (excludes halogenated alkanes) is 2. The van der Waals surface area contributed by atoms with Gasteiger partial charge in [0.25, 0.3) is 30.4 Å². The van der Waals surface area contributed by atoms with Crippen LogP contribution in [0.25, 0.3) is 0 Å². The summed E-state index contributed by atoms with van der Waals surface area (Å²) in [4.78, 5) is 2.90. The first kappa shape index (κ1) is 57.2. The Morgan fingerprint density at radius 3 is 2.05 bits per heavy atom. The Morgan fingerprint density at radius 1 is 0.770 bits per heavy atom. The number of aliphatic hydroxyl groups is 1. The van der Waals surface area contributed by atoms with E-state index in [0.29, 0.717) is 76.6 Å². The monoisotopic (exact) mass is 1120 g/mol. The fraction of sp³-hybridized carbons (Fsp3) is 0.396. The highest BCUT2D eigenvalue weighted by atomic mass is 32.2. The molecule has 402 valence electrons. The summed E-state index contributed by atoms with van der Waals surface area (Å²) < 4.78 is 118. The second-order valence-corrected chi connectivity index (χ2v) is 24.8. The van der Waals surface area contributed by atoms with Crippen LogP contribution >= 0.6 is 24.1 Å². The Hall–Kier alpha value is -4.46. The highest BCUT2D eigenvalue weighted by molar-refractivity contribution is 7.94. The number of hydrazine groups is 1. The lowest BCUT2D eigenvalue weighted by Crippen LogP contribution is -2.39. The Kier molecular flexibility index (Phi) is 18.1. The molecule has 0 aromatic heterocycles. The number of nitrogens with zero attached hydrogens (tertiary/aromatic N) is 3. The number of nitrogens with one attached hydrogen (secondary N) is 1. The second kappa shape index (κ2) is 23.4. The third kappa shape index (κ3) is 13.0. The number of anilines is 2. The molecular weight excluding hydrogens is 1060 g/mol. The molecular formula is C48H59N4O17S5+. The van der Waals surface area contributed by atoms with Crippen LogP contribution in [0.15, 0.2) is 134 Å². The molecule has 0 spiro atoms. The van der Waals surface area contributed by atoms with Crippen molar-refractivity contribution in [1.29, 1.82) is 0 Å². The second-order valence-electron chi connectivity index (χ2n) is 18.7. The smallest absolute Gasteiger partial charge is 0.294 e. The van der Waals surface area contributed by atoms with Gasteiger partial charge in [0.1, 0.15) is 6.54 Å². The predicted molar refractivity (Wildman–Crippen MR) is 277 cm³/mol. The molecule has 4 aliphatic rings. The molecule has 0 amide bonds. The average Bonchev–Trinajstić information content (AvgIpc) is 4.00. The average molecular weight is 1120 g/mol. The van der Waals surface area contributed by atoms with E-state index in [-0.39, 0.29) is 30.2 Å². The van der Waals surface area contributed by atoms with Crippen LogP contribution in [0.5, 0.6) is 0 Å². The Balaban J connectivity index is 1.39. The molecule has 74 heavy (non-hydrogen) atoms. The van der Waals surface area contributed by atoms with Crippen LogP contribution in [0.1, 0.15) is 84.3 Å². The minimum absolute atomic E-state index is 0.142. The summed E-state index contributed by atoms with van der Waals surface area (Å²) >= 11 is 1.59. The molecule has 0 radical (unpaired) electrons. The van der Waals surface area contributed by atoms with Crippen molar-refractivity contribution in [3.8, 4) is 0 Å². The SMILES string of the molecule is CCOC1NN(c2ccc(SOOO)cc2)C(O)=C1C1=C(C=CC2=[N+](CCCCS(=O)(=O)O)c3ccc(SOOO)cc3C2(C)C)CCC1=C/C=C1/N(CCCCS(=O)(=O)O)c2ccc(S(=O)(=O)O)cc2C1(C)C. The minimum atomic E-state index is -4.58. The molecule has 7 N–H and O–H groups in total. The molecule has 3 aromatic carbocycles. The first-order valence-electron chi connectivity index (χ1n) is 23.3. The maximum atomic E-state index is 12.4. The van der Waals surface area contributed by atoms with Gasteiger partial charge in [0.15, 0.2) is 11.9 Å². The van der Waals surface area contributed by atoms with E-state index in [0.717, 1.165) is 57.9 Å². The van der Waals surface area contributed by atoms with Gasteiger partial charge in [-0.15, -0.1) is 8.67 Å². The van der Waals surface area contributed by atoms with Crippen molar-refractivity contribution in [2.75, 3.05) is 41.1 Å². The largest absolute Gasteiger partial charge is 0.493 e. The molecule has 0 saturated heterocycles. The van der Waals surface area contributed by atoms with Crippen molar-refractivity contribution in [1.82, 2.24) is 5.43 Å². The van der Waals surface area contributed by atoms with Crippen LogP contribution in [0.3, 0.4) is 0 Å². The molecule has 7 rings (SSSR count). The normalized spacial score (nSPS) is 19.9. The summed E-state index contributed by atoms with van der Waals surface area (Å²) in [5.41, 5.74) is 9.60. The zero-order valence-corrected chi connectivity index (χ0v) is 45.1. The van der Waals surface area contributed by atoms with Gasteiger partial charge < -0.3 is 14.7 Å². The van der Waals surface area contributed by atoms with Gasteiger partial charge in [0.05, 0.1) is 57.2 Å². The summed E-state index contributed by atoms with van der Waals surface area (Å²) in [6.45, 7) is 10.7. The summed E-state index contributed by atoms with van der Waals surface area (Å²) in [5, 5.41) is 39.1. The number of hydrogen-bond acceptors (Lipinski definition) is 19. The zero-order chi connectivity index (χ0) is 53.8. The Labute approximate surface area is 438 Å². The zero-order valence-electron chi connectivity index (χ0n) is 41.0. The van der Waals surface area contributed by atoms with E-state index in [9.17, 15) is 44.0 Å². The first-order valence-corrected chi connectivity index (χ1v) is 29.5. The van der Waals surface area contributed by atoms with Crippen LogP contribution in [0.4, 0.5) is 17.1 Å². The highest BCUT2D eigenvalue weighted by Gasteiger charge is 2.46. The van der Waals surface area contributed by atoms with Crippen molar-refractivity contribution in [3.63, 3.8) is 0 Å². The lowest BCUT2D eigenvalue weighted by Gasteiger charge is -2.27. The van der Waals surface area contributed by atoms with E-state index >= 15 is 0 Å². The van der Waals surface area contributed by atoms with E-state index in [1.54, 1.807) is 36.4 Å². The number of benzene rings is 3. The molecule has 3 aliphatic heterocycles. The molecule has 3 aromatic rings. The quantitative estimate of drug-likeness (QED) is 0.0110. The van der Waals surface area contributed by atoms with Crippen molar-refractivity contribution >= 4 is 77.2 Å². The van der Waals surface area contributed by atoms with Crippen LogP contribution in [0.2, 0.25) is 0 Å².